The number of nitrogens with zero attached hydrogens (tertiary/aromatic N) is 3. The van der Waals surface area contributed by atoms with Crippen molar-refractivity contribution in [3.05, 3.63) is 94.4 Å². The Morgan fingerprint density at radius 2 is 1.53 bits per heavy atom. The van der Waals surface area contributed by atoms with E-state index in [0.717, 1.165) is 30.4 Å². The third-order valence-corrected chi connectivity index (χ3v) is 5.69. The van der Waals surface area contributed by atoms with Crippen LogP contribution in [-0.4, -0.2) is 37.3 Å². The molecule has 7 heteroatoms. The zero-order chi connectivity index (χ0) is 22.0. The van der Waals surface area contributed by atoms with Crippen LogP contribution in [0.3, 0.4) is 0 Å². The molecule has 1 aliphatic heterocycles. The highest BCUT2D eigenvalue weighted by Gasteiger charge is 2.39. The van der Waals surface area contributed by atoms with Crippen molar-refractivity contribution in [2.24, 2.45) is 5.11 Å². The van der Waals surface area contributed by atoms with Crippen molar-refractivity contribution in [1.82, 2.24) is 0 Å². The van der Waals surface area contributed by atoms with Crippen molar-refractivity contribution in [3.63, 3.8) is 0 Å². The third kappa shape index (κ3) is 6.19. The summed E-state index contributed by atoms with van der Waals surface area (Å²) in [5, 5.41) is 4.07. The van der Waals surface area contributed by atoms with Crippen LogP contribution in [0, 0.1) is 0 Å². The van der Waals surface area contributed by atoms with E-state index in [0.29, 0.717) is 19.8 Å². The van der Waals surface area contributed by atoms with E-state index in [9.17, 15) is 5.53 Å². The van der Waals surface area contributed by atoms with E-state index in [1.165, 1.54) is 0 Å². The largest absolute Gasteiger partial charge is 0.370 e. The summed E-state index contributed by atoms with van der Waals surface area (Å²) in [6.45, 7) is 1.50. The Morgan fingerprint density at radius 3 is 2.16 bits per heavy atom. The van der Waals surface area contributed by atoms with E-state index in [-0.39, 0.29) is 12.4 Å². The zero-order valence-electron chi connectivity index (χ0n) is 18.0. The molecule has 1 unspecified atom stereocenters. The van der Waals surface area contributed by atoms with Gasteiger partial charge in [0.05, 0.1) is 31.5 Å². The highest BCUT2D eigenvalue weighted by Crippen LogP contribution is 2.28. The Bertz CT molecular complexity index is 896. The standard InChI is InChI=1S/C25H29N3O4/c26-28-27-24-21(32-23-13-7-8-16-29-23)14-15-22(30-17-19-9-3-1-4-10-19)25(24)31-18-20-11-5-2-6-12-20/h1-6,9-12,14-15,21-25H,7-8,13,16-18H2/t21-,22-,23?,24-,25+/m0/s1. The summed E-state index contributed by atoms with van der Waals surface area (Å²) in [4.78, 5) is 3.10. The lowest BCUT2D eigenvalue weighted by atomic mass is 9.93. The second kappa shape index (κ2) is 11.8. The topological polar surface area (TPSA) is 85.7 Å². The second-order valence-corrected chi connectivity index (χ2v) is 8.00. The van der Waals surface area contributed by atoms with Gasteiger partial charge in [0.15, 0.2) is 6.29 Å². The highest BCUT2D eigenvalue weighted by molar-refractivity contribution is 5.17. The van der Waals surface area contributed by atoms with Crippen LogP contribution >= 0.6 is 0 Å². The maximum Gasteiger partial charge on any atom is 0.158 e. The third-order valence-electron chi connectivity index (χ3n) is 5.69. The van der Waals surface area contributed by atoms with Crippen LogP contribution in [0.25, 0.3) is 10.4 Å². The molecule has 0 bridgehead atoms. The molecule has 4 rings (SSSR count). The first kappa shape index (κ1) is 22.5. The van der Waals surface area contributed by atoms with Crippen LogP contribution in [0.15, 0.2) is 77.9 Å². The van der Waals surface area contributed by atoms with Crippen molar-refractivity contribution in [1.29, 1.82) is 0 Å². The van der Waals surface area contributed by atoms with Gasteiger partial charge in [-0.3, -0.25) is 0 Å². The van der Waals surface area contributed by atoms with Gasteiger partial charge >= 0.3 is 0 Å². The molecule has 0 N–H and O–H groups in total. The number of ether oxygens (including phenoxy) is 4. The quantitative estimate of drug-likeness (QED) is 0.231. The molecular weight excluding hydrogens is 406 g/mol. The summed E-state index contributed by atoms with van der Waals surface area (Å²) in [6, 6.07) is 19.3. The van der Waals surface area contributed by atoms with Gasteiger partial charge in [0.2, 0.25) is 0 Å². The molecule has 7 nitrogen and oxygen atoms in total. The minimum absolute atomic E-state index is 0.300. The van der Waals surface area contributed by atoms with E-state index >= 15 is 0 Å². The van der Waals surface area contributed by atoms with Crippen molar-refractivity contribution in [2.45, 2.75) is 63.1 Å². The fourth-order valence-electron chi connectivity index (χ4n) is 4.01. The van der Waals surface area contributed by atoms with Gasteiger partial charge in [0.1, 0.15) is 6.10 Å². The monoisotopic (exact) mass is 435 g/mol. The Hall–Kier alpha value is -2.67. The summed E-state index contributed by atoms with van der Waals surface area (Å²) < 4.78 is 24.4. The number of hydrogen-bond donors (Lipinski definition) is 0. The molecule has 2 aliphatic rings. The molecule has 1 heterocycles. The molecule has 2 aromatic rings. The first-order valence-electron chi connectivity index (χ1n) is 11.1. The average Bonchev–Trinajstić information content (AvgIpc) is 2.85. The minimum atomic E-state index is -0.569. The molecule has 0 spiro atoms. The van der Waals surface area contributed by atoms with Gasteiger partial charge in [-0.2, -0.15) is 0 Å². The molecule has 1 aliphatic carbocycles. The summed E-state index contributed by atoms with van der Waals surface area (Å²) >= 11 is 0. The first-order valence-corrected chi connectivity index (χ1v) is 11.1. The van der Waals surface area contributed by atoms with Crippen LogP contribution in [0.1, 0.15) is 30.4 Å². The molecule has 0 saturated carbocycles. The van der Waals surface area contributed by atoms with Gasteiger partial charge in [-0.1, -0.05) is 77.9 Å². The molecule has 2 aromatic carbocycles. The van der Waals surface area contributed by atoms with E-state index in [2.05, 4.69) is 10.0 Å². The van der Waals surface area contributed by atoms with Crippen molar-refractivity contribution >= 4 is 0 Å². The number of hydrogen-bond acceptors (Lipinski definition) is 5. The van der Waals surface area contributed by atoms with Gasteiger partial charge < -0.3 is 18.9 Å². The molecule has 5 atom stereocenters. The van der Waals surface area contributed by atoms with Crippen LogP contribution in [0.4, 0.5) is 0 Å². The zero-order valence-corrected chi connectivity index (χ0v) is 18.0. The van der Waals surface area contributed by atoms with Crippen LogP contribution in [0.2, 0.25) is 0 Å². The highest BCUT2D eigenvalue weighted by atomic mass is 16.7. The van der Waals surface area contributed by atoms with E-state index in [4.69, 9.17) is 18.9 Å². The fraction of sp³-hybridized carbons (Fsp3) is 0.440. The van der Waals surface area contributed by atoms with Crippen molar-refractivity contribution < 1.29 is 18.9 Å². The molecule has 168 valence electrons. The normalized spacial score (nSPS) is 27.6. The van der Waals surface area contributed by atoms with Crippen LogP contribution < -0.4 is 0 Å². The molecule has 1 saturated heterocycles. The van der Waals surface area contributed by atoms with E-state index in [1.54, 1.807) is 0 Å². The van der Waals surface area contributed by atoms with E-state index < -0.39 is 18.2 Å². The van der Waals surface area contributed by atoms with Crippen molar-refractivity contribution in [3.8, 4) is 0 Å². The van der Waals surface area contributed by atoms with Crippen molar-refractivity contribution in [2.75, 3.05) is 6.61 Å². The first-order chi connectivity index (χ1) is 15.8. The number of azide groups is 1. The fourth-order valence-corrected chi connectivity index (χ4v) is 4.01. The molecular formula is C25H29N3O4. The van der Waals surface area contributed by atoms with Gasteiger partial charge in [-0.05, 0) is 35.9 Å². The SMILES string of the molecule is [N-]=[N+]=N[C@@H]1[C@H](OCc2ccccc2)[C@@H](OCc2ccccc2)C=C[C@@H]1OC1CCCCO1. The summed E-state index contributed by atoms with van der Waals surface area (Å²) in [7, 11) is 0. The molecule has 32 heavy (non-hydrogen) atoms. The number of benzene rings is 2. The smallest absolute Gasteiger partial charge is 0.158 e. The molecule has 0 radical (unpaired) electrons. The second-order valence-electron chi connectivity index (χ2n) is 8.00. The summed E-state index contributed by atoms with van der Waals surface area (Å²) in [5.74, 6) is 0. The van der Waals surface area contributed by atoms with Gasteiger partial charge in [-0.15, -0.1) is 0 Å². The Balaban J connectivity index is 1.51. The number of rotatable bonds is 9. The molecule has 0 aromatic heterocycles. The van der Waals surface area contributed by atoms with Gasteiger partial charge in [0.25, 0.3) is 0 Å². The predicted octanol–water partition coefficient (Wildman–Crippen LogP) is 5.32. The van der Waals surface area contributed by atoms with E-state index in [1.807, 2.05) is 72.8 Å². The maximum absolute atomic E-state index is 9.29. The minimum Gasteiger partial charge on any atom is -0.370 e. The van der Waals surface area contributed by atoms with Gasteiger partial charge in [-0.25, -0.2) is 0 Å². The lowest BCUT2D eigenvalue weighted by molar-refractivity contribution is -0.195. The Morgan fingerprint density at radius 1 is 0.875 bits per heavy atom. The molecule has 1 fully saturated rings. The Kier molecular flexibility index (Phi) is 8.31. The lowest BCUT2D eigenvalue weighted by Crippen LogP contribution is -2.49. The molecule has 0 amide bonds. The van der Waals surface area contributed by atoms with Gasteiger partial charge in [0, 0.05) is 11.5 Å². The Labute approximate surface area is 188 Å². The van der Waals surface area contributed by atoms with Crippen LogP contribution in [-0.2, 0) is 32.2 Å². The lowest BCUT2D eigenvalue weighted by Gasteiger charge is -2.38. The predicted molar refractivity (Wildman–Crippen MR) is 121 cm³/mol. The van der Waals surface area contributed by atoms with Crippen LogP contribution in [0.5, 0.6) is 0 Å². The average molecular weight is 436 g/mol. The summed E-state index contributed by atoms with van der Waals surface area (Å²) in [6.07, 6.45) is 5.19. The summed E-state index contributed by atoms with van der Waals surface area (Å²) in [5.41, 5.74) is 11.4. The maximum atomic E-state index is 9.29.